The molecular formula is C16H17N3O4. The monoisotopic (exact) mass is 315 g/mol. The van der Waals surface area contributed by atoms with Crippen LogP contribution in [0.1, 0.15) is 21.7 Å². The molecule has 2 aromatic rings. The van der Waals surface area contributed by atoms with Crippen molar-refractivity contribution in [2.45, 2.75) is 13.0 Å². The molecule has 3 rings (SSSR count). The molecule has 1 aromatic carbocycles. The molecule has 1 amide bonds. The molecule has 1 aliphatic heterocycles. The SMILES string of the molecule is O=C(NCCN1CCc2ccccc2C1)c1ccc([N+](=O)[O-])o1. The van der Waals surface area contributed by atoms with Crippen LogP contribution in [0.15, 0.2) is 40.8 Å². The van der Waals surface area contributed by atoms with Gasteiger partial charge in [0.15, 0.2) is 5.76 Å². The van der Waals surface area contributed by atoms with Crippen LogP contribution in [0.25, 0.3) is 0 Å². The number of nitrogens with one attached hydrogen (secondary N) is 1. The number of carbonyl (C=O) groups excluding carboxylic acids is 1. The van der Waals surface area contributed by atoms with Crippen molar-refractivity contribution in [1.82, 2.24) is 10.2 Å². The van der Waals surface area contributed by atoms with Crippen molar-refractivity contribution in [3.8, 4) is 0 Å². The minimum absolute atomic E-state index is 0.0410. The molecular weight excluding hydrogens is 298 g/mol. The van der Waals surface area contributed by atoms with E-state index in [0.29, 0.717) is 6.54 Å². The number of nitrogens with zero attached hydrogens (tertiary/aromatic N) is 2. The van der Waals surface area contributed by atoms with Gasteiger partial charge in [-0.25, -0.2) is 0 Å². The van der Waals surface area contributed by atoms with Crippen molar-refractivity contribution in [3.63, 3.8) is 0 Å². The summed E-state index contributed by atoms with van der Waals surface area (Å²) in [6, 6.07) is 10.9. The lowest BCUT2D eigenvalue weighted by molar-refractivity contribution is -0.402. The first-order chi connectivity index (χ1) is 11.1. The van der Waals surface area contributed by atoms with Crippen LogP contribution in [0.5, 0.6) is 0 Å². The highest BCUT2D eigenvalue weighted by Crippen LogP contribution is 2.18. The summed E-state index contributed by atoms with van der Waals surface area (Å²) < 4.78 is 4.87. The lowest BCUT2D eigenvalue weighted by Crippen LogP contribution is -2.37. The molecule has 0 aliphatic carbocycles. The Morgan fingerprint density at radius 2 is 2.04 bits per heavy atom. The quantitative estimate of drug-likeness (QED) is 0.673. The third-order valence-corrected chi connectivity index (χ3v) is 3.92. The zero-order chi connectivity index (χ0) is 16.2. The van der Waals surface area contributed by atoms with Crippen LogP contribution in [0.3, 0.4) is 0 Å². The molecule has 0 bridgehead atoms. The van der Waals surface area contributed by atoms with E-state index in [1.165, 1.54) is 23.3 Å². The van der Waals surface area contributed by atoms with E-state index in [1.807, 2.05) is 6.07 Å². The van der Waals surface area contributed by atoms with Crippen molar-refractivity contribution >= 4 is 11.8 Å². The molecule has 2 heterocycles. The van der Waals surface area contributed by atoms with Gasteiger partial charge in [0, 0.05) is 26.2 Å². The molecule has 0 unspecified atom stereocenters. The van der Waals surface area contributed by atoms with Crippen LogP contribution < -0.4 is 5.32 Å². The Bertz CT molecular complexity index is 726. The molecule has 120 valence electrons. The number of carbonyl (C=O) groups is 1. The van der Waals surface area contributed by atoms with Gasteiger partial charge >= 0.3 is 5.88 Å². The molecule has 7 nitrogen and oxygen atoms in total. The van der Waals surface area contributed by atoms with Gasteiger partial charge in [0.1, 0.15) is 4.92 Å². The van der Waals surface area contributed by atoms with Crippen LogP contribution in [0.2, 0.25) is 0 Å². The molecule has 1 aromatic heterocycles. The second-order valence-corrected chi connectivity index (χ2v) is 5.45. The summed E-state index contributed by atoms with van der Waals surface area (Å²) in [5, 5.41) is 13.3. The number of benzene rings is 1. The number of hydrogen-bond donors (Lipinski definition) is 1. The molecule has 0 spiro atoms. The van der Waals surface area contributed by atoms with Gasteiger partial charge in [0.25, 0.3) is 5.91 Å². The summed E-state index contributed by atoms with van der Waals surface area (Å²) in [5.74, 6) is -0.904. The van der Waals surface area contributed by atoms with E-state index < -0.39 is 16.7 Å². The number of fused-ring (bicyclic) bond motifs is 1. The van der Waals surface area contributed by atoms with Gasteiger partial charge in [-0.3, -0.25) is 19.8 Å². The molecule has 0 atom stereocenters. The maximum absolute atomic E-state index is 11.9. The largest absolute Gasteiger partial charge is 0.433 e. The summed E-state index contributed by atoms with van der Waals surface area (Å²) in [5.41, 5.74) is 2.71. The molecule has 7 heteroatoms. The van der Waals surface area contributed by atoms with E-state index >= 15 is 0 Å². The van der Waals surface area contributed by atoms with Crippen LogP contribution in [-0.4, -0.2) is 35.4 Å². The minimum Gasteiger partial charge on any atom is -0.395 e. The van der Waals surface area contributed by atoms with E-state index in [9.17, 15) is 14.9 Å². The van der Waals surface area contributed by atoms with Crippen LogP contribution in [0.4, 0.5) is 5.88 Å². The van der Waals surface area contributed by atoms with E-state index in [1.54, 1.807) is 0 Å². The van der Waals surface area contributed by atoms with E-state index in [-0.39, 0.29) is 5.76 Å². The molecule has 0 saturated heterocycles. The fourth-order valence-corrected chi connectivity index (χ4v) is 2.71. The predicted molar refractivity (Wildman–Crippen MR) is 83.1 cm³/mol. The van der Waals surface area contributed by atoms with Gasteiger partial charge in [-0.1, -0.05) is 24.3 Å². The number of furan rings is 1. The Hall–Kier alpha value is -2.67. The summed E-state index contributed by atoms with van der Waals surface area (Å²) in [4.78, 5) is 24.0. The van der Waals surface area contributed by atoms with Crippen molar-refractivity contribution < 1.29 is 14.1 Å². The van der Waals surface area contributed by atoms with E-state index in [4.69, 9.17) is 4.42 Å². The smallest absolute Gasteiger partial charge is 0.395 e. The van der Waals surface area contributed by atoms with Crippen molar-refractivity contribution in [1.29, 1.82) is 0 Å². The van der Waals surface area contributed by atoms with Gasteiger partial charge in [-0.05, 0) is 23.6 Å². The highest BCUT2D eigenvalue weighted by Gasteiger charge is 2.18. The average Bonchev–Trinajstić information content (AvgIpc) is 3.05. The third-order valence-electron chi connectivity index (χ3n) is 3.92. The van der Waals surface area contributed by atoms with Crippen molar-refractivity contribution in [3.05, 3.63) is 63.4 Å². The normalized spacial score (nSPS) is 14.3. The summed E-state index contributed by atoms with van der Waals surface area (Å²) in [6.07, 6.45) is 1.01. The molecule has 1 N–H and O–H groups in total. The highest BCUT2D eigenvalue weighted by molar-refractivity contribution is 5.91. The first-order valence-corrected chi connectivity index (χ1v) is 7.45. The first kappa shape index (κ1) is 15.2. The van der Waals surface area contributed by atoms with Crippen molar-refractivity contribution in [2.24, 2.45) is 0 Å². The zero-order valence-corrected chi connectivity index (χ0v) is 12.5. The second-order valence-electron chi connectivity index (χ2n) is 5.45. The summed E-state index contributed by atoms with van der Waals surface area (Å²) >= 11 is 0. The fraction of sp³-hybridized carbons (Fsp3) is 0.312. The first-order valence-electron chi connectivity index (χ1n) is 7.45. The van der Waals surface area contributed by atoms with Crippen LogP contribution in [-0.2, 0) is 13.0 Å². The fourth-order valence-electron chi connectivity index (χ4n) is 2.71. The number of amides is 1. The van der Waals surface area contributed by atoms with Gasteiger partial charge in [-0.2, -0.15) is 0 Å². The van der Waals surface area contributed by atoms with Gasteiger partial charge in [0.05, 0.1) is 6.07 Å². The van der Waals surface area contributed by atoms with E-state index in [2.05, 4.69) is 28.4 Å². The Balaban J connectivity index is 1.48. The number of nitro groups is 1. The average molecular weight is 315 g/mol. The lowest BCUT2D eigenvalue weighted by atomic mass is 10.00. The van der Waals surface area contributed by atoms with Gasteiger partial charge in [-0.15, -0.1) is 0 Å². The number of rotatable bonds is 5. The summed E-state index contributed by atoms with van der Waals surface area (Å²) in [7, 11) is 0. The summed E-state index contributed by atoms with van der Waals surface area (Å²) in [6.45, 7) is 3.02. The molecule has 1 aliphatic rings. The minimum atomic E-state index is -0.665. The Morgan fingerprint density at radius 3 is 2.78 bits per heavy atom. The van der Waals surface area contributed by atoms with Gasteiger partial charge < -0.3 is 9.73 Å². The molecule has 0 radical (unpaired) electrons. The molecule has 23 heavy (non-hydrogen) atoms. The van der Waals surface area contributed by atoms with Crippen LogP contribution in [0, 0.1) is 10.1 Å². The second kappa shape index (κ2) is 6.62. The Labute approximate surface area is 133 Å². The van der Waals surface area contributed by atoms with E-state index in [0.717, 1.165) is 26.1 Å². The maximum atomic E-state index is 11.9. The molecule has 0 saturated carbocycles. The Kier molecular flexibility index (Phi) is 4.38. The van der Waals surface area contributed by atoms with Crippen molar-refractivity contribution in [2.75, 3.05) is 19.6 Å². The topological polar surface area (TPSA) is 88.6 Å². The number of hydrogen-bond acceptors (Lipinski definition) is 5. The molecule has 0 fully saturated rings. The maximum Gasteiger partial charge on any atom is 0.433 e. The predicted octanol–water partition coefficient (Wildman–Crippen LogP) is 1.98. The highest BCUT2D eigenvalue weighted by atomic mass is 16.6. The van der Waals surface area contributed by atoms with Gasteiger partial charge in [0.2, 0.25) is 0 Å². The van der Waals surface area contributed by atoms with Crippen LogP contribution >= 0.6 is 0 Å². The lowest BCUT2D eigenvalue weighted by Gasteiger charge is -2.28. The Morgan fingerprint density at radius 1 is 1.26 bits per heavy atom. The zero-order valence-electron chi connectivity index (χ0n) is 12.5. The third kappa shape index (κ3) is 3.57. The standard InChI is InChI=1S/C16H17N3O4/c20-16(14-5-6-15(23-14)19(21)22)17-8-10-18-9-7-12-3-1-2-4-13(12)11-18/h1-6H,7-11H2,(H,17,20).